The number of hydrogen-bond donors (Lipinski definition) is 5. The van der Waals surface area contributed by atoms with Crippen LogP contribution in [0, 0.1) is 11.8 Å². The van der Waals surface area contributed by atoms with E-state index in [1.807, 2.05) is 27.7 Å². The van der Waals surface area contributed by atoms with Gasteiger partial charge in [-0.3, -0.25) is 19.2 Å². The molecule has 0 aromatic carbocycles. The molecule has 2 saturated heterocycles. The third-order valence-corrected chi connectivity index (χ3v) is 7.43. The van der Waals surface area contributed by atoms with Crippen molar-refractivity contribution < 1.29 is 77.9 Å². The molecule has 16 heteroatoms. The van der Waals surface area contributed by atoms with Crippen molar-refractivity contribution in [1.82, 2.24) is 0 Å². The van der Waals surface area contributed by atoms with Crippen LogP contribution in [0.3, 0.4) is 0 Å². The van der Waals surface area contributed by atoms with Crippen molar-refractivity contribution in [2.75, 3.05) is 13.2 Å². The maximum atomic E-state index is 12.8. The van der Waals surface area contributed by atoms with E-state index < -0.39 is 98.2 Å². The molecule has 10 atom stereocenters. The Morgan fingerprint density at radius 2 is 1.30 bits per heavy atom. The Morgan fingerprint density at radius 3 is 1.78 bits per heavy atom. The Hall–Kier alpha value is -2.44. The van der Waals surface area contributed by atoms with Gasteiger partial charge in [-0.2, -0.15) is 0 Å². The van der Waals surface area contributed by atoms with Gasteiger partial charge in [0.05, 0.1) is 13.2 Å². The third-order valence-electron chi connectivity index (χ3n) is 7.43. The Kier molecular flexibility index (Phi) is 15.7. The number of carbonyl (C=O) groups excluding carboxylic acids is 4. The molecule has 2 aliphatic heterocycles. The minimum absolute atomic E-state index is 0.0154. The second-order valence-electron chi connectivity index (χ2n) is 12.4. The quantitative estimate of drug-likeness (QED) is 0.0769. The summed E-state index contributed by atoms with van der Waals surface area (Å²) < 4.78 is 37.9. The van der Waals surface area contributed by atoms with Crippen LogP contribution < -0.4 is 0 Å². The largest absolute Gasteiger partial charge is 0.457 e. The monoisotopic (exact) mass is 666 g/mol. The lowest BCUT2D eigenvalue weighted by molar-refractivity contribution is -0.395. The molecule has 2 aliphatic rings. The predicted octanol–water partition coefficient (Wildman–Crippen LogP) is -0.181. The average Bonchev–Trinajstić information content (AvgIpc) is 3.22. The Morgan fingerprint density at radius 1 is 0.761 bits per heavy atom. The Labute approximate surface area is 268 Å². The molecule has 1 unspecified atom stereocenters. The van der Waals surface area contributed by atoms with Crippen molar-refractivity contribution in [3.63, 3.8) is 0 Å². The molecule has 2 rings (SSSR count). The van der Waals surface area contributed by atoms with E-state index >= 15 is 0 Å². The van der Waals surface area contributed by atoms with Crippen LogP contribution >= 0.6 is 0 Å². The zero-order valence-electron chi connectivity index (χ0n) is 27.2. The summed E-state index contributed by atoms with van der Waals surface area (Å²) in [5.41, 5.74) is 0. The van der Waals surface area contributed by atoms with Crippen molar-refractivity contribution in [3.8, 4) is 0 Å². The van der Waals surface area contributed by atoms with Crippen LogP contribution in [-0.2, 0) is 52.3 Å². The number of rotatable bonds is 17. The molecule has 0 spiro atoms. The number of aliphatic hydroxyl groups excluding tert-OH is 4. The summed E-state index contributed by atoms with van der Waals surface area (Å²) in [5.74, 6) is -5.82. The molecular weight excluding hydrogens is 616 g/mol. The highest BCUT2D eigenvalue weighted by Crippen LogP contribution is 2.39. The minimum Gasteiger partial charge on any atom is -0.457 e. The first-order valence-corrected chi connectivity index (χ1v) is 15.6. The fourth-order valence-corrected chi connectivity index (χ4v) is 5.13. The molecule has 0 radical (unpaired) electrons. The highest BCUT2D eigenvalue weighted by atomic mass is 16.8. The predicted molar refractivity (Wildman–Crippen MR) is 154 cm³/mol. The molecule has 0 saturated carbocycles. The van der Waals surface area contributed by atoms with Gasteiger partial charge in [0, 0.05) is 26.7 Å². The van der Waals surface area contributed by atoms with Gasteiger partial charge in [0.2, 0.25) is 6.10 Å². The molecule has 46 heavy (non-hydrogen) atoms. The van der Waals surface area contributed by atoms with Crippen LogP contribution in [0.15, 0.2) is 0 Å². The first-order chi connectivity index (χ1) is 21.5. The van der Waals surface area contributed by atoms with Gasteiger partial charge in [-0.25, -0.2) is 0 Å². The van der Waals surface area contributed by atoms with Crippen molar-refractivity contribution >= 4 is 23.9 Å². The summed E-state index contributed by atoms with van der Waals surface area (Å²) in [5, 5.41) is 53.4. The normalized spacial score (nSPS) is 31.8. The molecule has 0 aromatic heterocycles. The lowest BCUT2D eigenvalue weighted by atomic mass is 9.98. The third kappa shape index (κ3) is 11.1. The molecule has 0 aliphatic carbocycles. The number of ether oxygens (including phenoxy) is 7. The van der Waals surface area contributed by atoms with E-state index in [2.05, 4.69) is 0 Å². The number of esters is 4. The first kappa shape index (κ1) is 39.7. The standard InChI is InChI=1S/C30H50O16/c1-15(2)9-7-11-21(35)43-25-19(13-31)42-28(24(38)23(25)37)45-29(41-18(6)34)30(39)27(44-22(36)12-8-10-16(3)4)26(40-17(5)33)20(14-32)46-30/h15-16,19-20,23-29,31-32,37-39H,7-14H2,1-6H3/t19-,20-,23-,24-,25-,26-,27+,28-,29?,30+/m1/s1. The lowest BCUT2D eigenvalue weighted by Gasteiger charge is -2.43. The van der Waals surface area contributed by atoms with Crippen LogP contribution in [0.25, 0.3) is 0 Å². The van der Waals surface area contributed by atoms with Crippen molar-refractivity contribution in [1.29, 1.82) is 0 Å². The van der Waals surface area contributed by atoms with E-state index in [4.69, 9.17) is 33.2 Å². The first-order valence-electron chi connectivity index (χ1n) is 15.6. The molecule has 266 valence electrons. The van der Waals surface area contributed by atoms with E-state index in [-0.39, 0.29) is 18.8 Å². The molecule has 0 amide bonds. The van der Waals surface area contributed by atoms with Gasteiger partial charge in [0.1, 0.15) is 24.4 Å². The minimum atomic E-state index is -2.96. The summed E-state index contributed by atoms with van der Waals surface area (Å²) in [6.45, 7) is 8.18. The van der Waals surface area contributed by atoms with Crippen LogP contribution in [-0.4, -0.2) is 124 Å². The zero-order valence-corrected chi connectivity index (χ0v) is 27.2. The lowest BCUT2D eigenvalue weighted by Crippen LogP contribution is -2.64. The van der Waals surface area contributed by atoms with Crippen LogP contribution in [0.1, 0.15) is 80.1 Å². The molecule has 5 N–H and O–H groups in total. The summed E-state index contributed by atoms with van der Waals surface area (Å²) in [7, 11) is 0. The molecule has 0 bridgehead atoms. The van der Waals surface area contributed by atoms with Crippen molar-refractivity contribution in [2.24, 2.45) is 11.8 Å². The topological polar surface area (TPSA) is 234 Å². The molecular formula is C30H50O16. The van der Waals surface area contributed by atoms with Crippen molar-refractivity contribution in [2.45, 2.75) is 141 Å². The van der Waals surface area contributed by atoms with Gasteiger partial charge in [-0.05, 0) is 24.7 Å². The maximum absolute atomic E-state index is 12.8. The fourth-order valence-electron chi connectivity index (χ4n) is 5.13. The van der Waals surface area contributed by atoms with E-state index in [1.54, 1.807) is 0 Å². The summed E-state index contributed by atoms with van der Waals surface area (Å²) >= 11 is 0. The van der Waals surface area contributed by atoms with Gasteiger partial charge in [-0.1, -0.05) is 40.5 Å². The van der Waals surface area contributed by atoms with E-state index in [9.17, 15) is 44.7 Å². The van der Waals surface area contributed by atoms with Gasteiger partial charge < -0.3 is 58.7 Å². The molecule has 0 aromatic rings. The highest BCUT2D eigenvalue weighted by molar-refractivity contribution is 5.70. The van der Waals surface area contributed by atoms with Crippen LogP contribution in [0.4, 0.5) is 0 Å². The Balaban J connectivity index is 2.35. The number of aliphatic hydroxyl groups is 5. The maximum Gasteiger partial charge on any atom is 0.306 e. The van der Waals surface area contributed by atoms with Crippen LogP contribution in [0.2, 0.25) is 0 Å². The smallest absolute Gasteiger partial charge is 0.306 e. The van der Waals surface area contributed by atoms with Gasteiger partial charge in [-0.15, -0.1) is 0 Å². The van der Waals surface area contributed by atoms with Gasteiger partial charge >= 0.3 is 23.9 Å². The second-order valence-corrected chi connectivity index (χ2v) is 12.4. The highest BCUT2D eigenvalue weighted by Gasteiger charge is 2.65. The van der Waals surface area contributed by atoms with Crippen LogP contribution in [0.5, 0.6) is 0 Å². The molecule has 16 nitrogen and oxygen atoms in total. The van der Waals surface area contributed by atoms with E-state index in [1.165, 1.54) is 0 Å². The van der Waals surface area contributed by atoms with Gasteiger partial charge in [0.15, 0.2) is 18.5 Å². The summed E-state index contributed by atoms with van der Waals surface area (Å²) in [4.78, 5) is 49.3. The SMILES string of the molecule is CC(=O)OC(O[C@H]1O[C@H](CO)[C@@H](OC(=O)CCCC(C)C)[C@H](O)[C@H]1O)[C@@]1(O)O[C@H](CO)[C@@H](OC(C)=O)[C@@H]1OC(=O)CCCC(C)C. The van der Waals surface area contributed by atoms with Crippen molar-refractivity contribution in [3.05, 3.63) is 0 Å². The summed E-state index contributed by atoms with van der Waals surface area (Å²) in [6.07, 6.45) is -13.9. The molecule has 2 heterocycles. The zero-order chi connectivity index (χ0) is 34.8. The number of hydrogen-bond acceptors (Lipinski definition) is 16. The summed E-state index contributed by atoms with van der Waals surface area (Å²) in [6, 6.07) is 0. The second kappa shape index (κ2) is 18.2. The fraction of sp³-hybridized carbons (Fsp3) is 0.867. The van der Waals surface area contributed by atoms with Gasteiger partial charge in [0.25, 0.3) is 12.1 Å². The average molecular weight is 667 g/mol. The van der Waals surface area contributed by atoms with E-state index in [0.717, 1.165) is 20.3 Å². The Bertz CT molecular complexity index is 1000. The van der Waals surface area contributed by atoms with E-state index in [0.29, 0.717) is 25.2 Å². The molecule has 2 fully saturated rings. The number of carbonyl (C=O) groups is 4.